The molecular formula is C23H23N3O2. The lowest BCUT2D eigenvalue weighted by molar-refractivity contribution is 0.0983. The maximum Gasteiger partial charge on any atom is 0.276 e. The van der Waals surface area contributed by atoms with Gasteiger partial charge in [0.15, 0.2) is 0 Å². The van der Waals surface area contributed by atoms with Crippen LogP contribution >= 0.6 is 0 Å². The summed E-state index contributed by atoms with van der Waals surface area (Å²) < 4.78 is 0. The molecule has 2 amide bonds. The number of hydrogen-bond donors (Lipinski definition) is 1. The quantitative estimate of drug-likeness (QED) is 0.689. The number of aryl methyl sites for hydroxylation is 1. The fourth-order valence-corrected chi connectivity index (χ4v) is 2.91. The Morgan fingerprint density at radius 2 is 1.68 bits per heavy atom. The van der Waals surface area contributed by atoms with Gasteiger partial charge in [0.2, 0.25) is 0 Å². The summed E-state index contributed by atoms with van der Waals surface area (Å²) in [6.07, 6.45) is 2.43. The number of carbonyl (C=O) groups excluding carboxylic acids is 2. The van der Waals surface area contributed by atoms with Gasteiger partial charge in [-0.25, -0.2) is 0 Å². The molecule has 0 aliphatic heterocycles. The van der Waals surface area contributed by atoms with Gasteiger partial charge in [-0.05, 0) is 55.3 Å². The van der Waals surface area contributed by atoms with E-state index in [-0.39, 0.29) is 17.5 Å². The monoisotopic (exact) mass is 373 g/mol. The molecule has 0 saturated carbocycles. The summed E-state index contributed by atoms with van der Waals surface area (Å²) in [5.74, 6) is -0.515. The summed E-state index contributed by atoms with van der Waals surface area (Å²) in [6.45, 7) is 4.49. The lowest BCUT2D eigenvalue weighted by atomic mass is 10.1. The largest absolute Gasteiger partial charge is 0.322 e. The minimum atomic E-state index is -0.275. The minimum absolute atomic E-state index is 0.236. The molecule has 0 atom stereocenters. The van der Waals surface area contributed by atoms with Crippen molar-refractivity contribution >= 4 is 23.2 Å². The van der Waals surface area contributed by atoms with Crippen LogP contribution in [0.4, 0.5) is 11.4 Å². The van der Waals surface area contributed by atoms with Crippen molar-refractivity contribution in [3.63, 3.8) is 0 Å². The first kappa shape index (κ1) is 19.3. The third kappa shape index (κ3) is 4.43. The van der Waals surface area contributed by atoms with Crippen LogP contribution in [0.1, 0.15) is 40.3 Å². The molecule has 0 unspecified atom stereocenters. The van der Waals surface area contributed by atoms with Gasteiger partial charge in [-0.1, -0.05) is 37.3 Å². The van der Waals surface area contributed by atoms with Gasteiger partial charge in [-0.15, -0.1) is 0 Å². The van der Waals surface area contributed by atoms with Gasteiger partial charge < -0.3 is 10.2 Å². The molecule has 142 valence electrons. The second-order valence-corrected chi connectivity index (χ2v) is 6.32. The van der Waals surface area contributed by atoms with Gasteiger partial charge in [0.25, 0.3) is 11.8 Å². The number of hydrogen-bond acceptors (Lipinski definition) is 3. The van der Waals surface area contributed by atoms with Crippen LogP contribution < -0.4 is 10.2 Å². The molecule has 3 aromatic rings. The molecule has 1 aromatic heterocycles. The van der Waals surface area contributed by atoms with Crippen LogP contribution in [-0.2, 0) is 6.42 Å². The van der Waals surface area contributed by atoms with Gasteiger partial charge in [-0.2, -0.15) is 0 Å². The molecule has 0 saturated heterocycles. The zero-order valence-corrected chi connectivity index (χ0v) is 16.1. The van der Waals surface area contributed by atoms with Crippen molar-refractivity contribution < 1.29 is 9.59 Å². The Bertz CT molecular complexity index is 953. The number of para-hydroxylation sites is 1. The first-order valence-electron chi connectivity index (χ1n) is 9.35. The van der Waals surface area contributed by atoms with Gasteiger partial charge in [-0.3, -0.25) is 14.6 Å². The van der Waals surface area contributed by atoms with Crippen molar-refractivity contribution in [1.29, 1.82) is 0 Å². The highest BCUT2D eigenvalue weighted by Gasteiger charge is 2.19. The van der Waals surface area contributed by atoms with E-state index < -0.39 is 0 Å². The van der Waals surface area contributed by atoms with E-state index in [0.29, 0.717) is 17.8 Å². The summed E-state index contributed by atoms with van der Waals surface area (Å²) in [7, 11) is 0. The highest BCUT2D eigenvalue weighted by Crippen LogP contribution is 2.17. The van der Waals surface area contributed by atoms with Gasteiger partial charge in [0.1, 0.15) is 5.69 Å². The van der Waals surface area contributed by atoms with Crippen LogP contribution in [0, 0.1) is 0 Å². The number of aromatic nitrogens is 1. The number of anilines is 2. The number of benzene rings is 2. The SMILES string of the molecule is CCc1ccc(NC(=O)c2ccnc(C(=O)N(CC)c3ccccc3)c2)cc1. The van der Waals surface area contributed by atoms with E-state index in [9.17, 15) is 9.59 Å². The Kier molecular flexibility index (Phi) is 6.17. The summed E-state index contributed by atoms with van der Waals surface area (Å²) in [4.78, 5) is 31.3. The standard InChI is InChI=1S/C23H23N3O2/c1-3-17-10-12-19(13-11-17)25-22(27)18-14-15-24-21(16-18)23(28)26(4-2)20-8-6-5-7-9-20/h5-16H,3-4H2,1-2H3,(H,25,27). The molecule has 0 aliphatic carbocycles. The zero-order valence-electron chi connectivity index (χ0n) is 16.1. The smallest absolute Gasteiger partial charge is 0.276 e. The van der Waals surface area contributed by atoms with Crippen LogP contribution in [0.2, 0.25) is 0 Å². The fraction of sp³-hybridized carbons (Fsp3) is 0.174. The molecule has 3 rings (SSSR count). The van der Waals surface area contributed by atoms with Crippen molar-refractivity contribution in [3.05, 3.63) is 89.7 Å². The Hall–Kier alpha value is -3.47. The predicted molar refractivity (Wildman–Crippen MR) is 112 cm³/mol. The fourth-order valence-electron chi connectivity index (χ4n) is 2.91. The second kappa shape index (κ2) is 8.95. The highest BCUT2D eigenvalue weighted by atomic mass is 16.2. The molecular weight excluding hydrogens is 350 g/mol. The maximum atomic E-state index is 12.9. The number of nitrogens with one attached hydrogen (secondary N) is 1. The molecule has 0 spiro atoms. The van der Waals surface area contributed by atoms with E-state index >= 15 is 0 Å². The highest BCUT2D eigenvalue weighted by molar-refractivity contribution is 6.08. The van der Waals surface area contributed by atoms with Crippen LogP contribution in [-0.4, -0.2) is 23.3 Å². The Morgan fingerprint density at radius 1 is 0.964 bits per heavy atom. The molecule has 2 aromatic carbocycles. The van der Waals surface area contributed by atoms with Crippen LogP contribution in [0.15, 0.2) is 72.9 Å². The van der Waals surface area contributed by atoms with Crippen molar-refractivity contribution in [2.75, 3.05) is 16.8 Å². The number of nitrogens with zero attached hydrogens (tertiary/aromatic N) is 2. The number of pyridine rings is 1. The van der Waals surface area contributed by atoms with E-state index in [2.05, 4.69) is 17.2 Å². The molecule has 0 fully saturated rings. The zero-order chi connectivity index (χ0) is 19.9. The lowest BCUT2D eigenvalue weighted by Crippen LogP contribution is -2.31. The molecule has 0 radical (unpaired) electrons. The second-order valence-electron chi connectivity index (χ2n) is 6.32. The van der Waals surface area contributed by atoms with E-state index in [4.69, 9.17) is 0 Å². The average Bonchev–Trinajstić information content (AvgIpc) is 2.75. The first-order valence-corrected chi connectivity index (χ1v) is 9.35. The van der Waals surface area contributed by atoms with E-state index in [1.54, 1.807) is 11.0 Å². The third-order valence-electron chi connectivity index (χ3n) is 4.49. The van der Waals surface area contributed by atoms with E-state index in [1.807, 2.05) is 61.5 Å². The van der Waals surface area contributed by atoms with Gasteiger partial charge >= 0.3 is 0 Å². The van der Waals surface area contributed by atoms with Gasteiger partial charge in [0, 0.05) is 29.7 Å². The Labute approximate surface area is 165 Å². The van der Waals surface area contributed by atoms with Crippen molar-refractivity contribution in [2.24, 2.45) is 0 Å². The normalized spacial score (nSPS) is 10.4. The first-order chi connectivity index (χ1) is 13.6. The third-order valence-corrected chi connectivity index (χ3v) is 4.49. The average molecular weight is 373 g/mol. The van der Waals surface area contributed by atoms with Crippen LogP contribution in [0.5, 0.6) is 0 Å². The molecule has 5 nitrogen and oxygen atoms in total. The minimum Gasteiger partial charge on any atom is -0.322 e. The van der Waals surface area contributed by atoms with Crippen LogP contribution in [0.3, 0.4) is 0 Å². The number of amides is 2. The molecule has 0 aliphatic rings. The number of rotatable bonds is 6. The molecule has 1 N–H and O–H groups in total. The van der Waals surface area contributed by atoms with Gasteiger partial charge in [0.05, 0.1) is 0 Å². The molecule has 28 heavy (non-hydrogen) atoms. The molecule has 5 heteroatoms. The van der Waals surface area contributed by atoms with Crippen molar-refractivity contribution in [1.82, 2.24) is 4.98 Å². The van der Waals surface area contributed by atoms with E-state index in [1.165, 1.54) is 17.8 Å². The van der Waals surface area contributed by atoms with Crippen molar-refractivity contribution in [3.8, 4) is 0 Å². The lowest BCUT2D eigenvalue weighted by Gasteiger charge is -2.20. The molecule has 1 heterocycles. The Morgan fingerprint density at radius 3 is 2.32 bits per heavy atom. The topological polar surface area (TPSA) is 62.3 Å². The number of carbonyl (C=O) groups is 2. The van der Waals surface area contributed by atoms with Crippen LogP contribution in [0.25, 0.3) is 0 Å². The summed E-state index contributed by atoms with van der Waals surface area (Å²) in [5.41, 5.74) is 3.34. The summed E-state index contributed by atoms with van der Waals surface area (Å²) >= 11 is 0. The van der Waals surface area contributed by atoms with Crippen molar-refractivity contribution in [2.45, 2.75) is 20.3 Å². The summed E-state index contributed by atoms with van der Waals surface area (Å²) in [6, 6.07) is 20.3. The maximum absolute atomic E-state index is 12.9. The summed E-state index contributed by atoms with van der Waals surface area (Å²) in [5, 5.41) is 2.86. The molecule has 0 bridgehead atoms. The predicted octanol–water partition coefficient (Wildman–Crippen LogP) is 4.56. The van der Waals surface area contributed by atoms with E-state index in [0.717, 1.165) is 12.1 Å². The Balaban J connectivity index is 1.78.